The van der Waals surface area contributed by atoms with Gasteiger partial charge in [0.25, 0.3) is 20.2 Å². The standard InChI is InChI=1S/C17H20N2O8S2/c18-1-3-26-14-6-10-5-11-7-15(27-4-2-19)17(29(23,24)25)9-13(11)12(10)8-16(14)28(20,21)22/h6-9H,1-5,18-19H2,(H,20,21,22)(H,23,24,25). The highest BCUT2D eigenvalue weighted by atomic mass is 32.2. The molecule has 0 saturated heterocycles. The lowest BCUT2D eigenvalue weighted by Crippen LogP contribution is -2.13. The second-order valence-corrected chi connectivity index (χ2v) is 9.09. The molecule has 0 radical (unpaired) electrons. The van der Waals surface area contributed by atoms with E-state index in [1.807, 2.05) is 0 Å². The molecule has 0 atom stereocenters. The van der Waals surface area contributed by atoms with Crippen molar-refractivity contribution in [3.8, 4) is 22.6 Å². The minimum absolute atomic E-state index is 0.0399. The smallest absolute Gasteiger partial charge is 0.298 e. The van der Waals surface area contributed by atoms with Crippen LogP contribution in [-0.2, 0) is 26.7 Å². The van der Waals surface area contributed by atoms with E-state index in [0.29, 0.717) is 28.7 Å². The van der Waals surface area contributed by atoms with Crippen LogP contribution < -0.4 is 20.9 Å². The molecule has 0 amide bonds. The molecule has 10 nitrogen and oxygen atoms in total. The Hall–Kier alpha value is -2.22. The number of fused-ring (bicyclic) bond motifs is 3. The summed E-state index contributed by atoms with van der Waals surface area (Å²) in [5.41, 5.74) is 12.9. The minimum Gasteiger partial charge on any atom is -0.491 e. The molecule has 12 heteroatoms. The van der Waals surface area contributed by atoms with E-state index in [9.17, 15) is 25.9 Å². The van der Waals surface area contributed by atoms with Crippen molar-refractivity contribution >= 4 is 20.2 Å². The fourth-order valence-corrected chi connectivity index (χ4v) is 4.45. The Morgan fingerprint density at radius 1 is 0.759 bits per heavy atom. The summed E-state index contributed by atoms with van der Waals surface area (Å²) in [6.45, 7) is 0.361. The predicted octanol–water partition coefficient (Wildman–Crippen LogP) is 0.426. The first-order valence-corrected chi connectivity index (χ1v) is 11.4. The summed E-state index contributed by atoms with van der Waals surface area (Å²) in [5, 5.41) is 0. The lowest BCUT2D eigenvalue weighted by molar-refractivity contribution is 0.318. The van der Waals surface area contributed by atoms with Crippen LogP contribution in [0.25, 0.3) is 11.1 Å². The van der Waals surface area contributed by atoms with Crippen molar-refractivity contribution < 1.29 is 35.4 Å². The number of hydrogen-bond donors (Lipinski definition) is 4. The molecular formula is C17H20N2O8S2. The van der Waals surface area contributed by atoms with Gasteiger partial charge in [-0.2, -0.15) is 16.8 Å². The molecule has 0 fully saturated rings. The number of ether oxygens (including phenoxy) is 2. The van der Waals surface area contributed by atoms with Crippen LogP contribution in [0.4, 0.5) is 0 Å². The summed E-state index contributed by atoms with van der Waals surface area (Å²) in [6.07, 6.45) is 0.333. The van der Waals surface area contributed by atoms with Crippen LogP contribution in [0.2, 0.25) is 0 Å². The van der Waals surface area contributed by atoms with Gasteiger partial charge >= 0.3 is 0 Å². The first kappa shape index (κ1) is 21.5. The van der Waals surface area contributed by atoms with Gasteiger partial charge in [-0.1, -0.05) is 0 Å². The lowest BCUT2D eigenvalue weighted by Gasteiger charge is -2.13. The monoisotopic (exact) mass is 444 g/mol. The van der Waals surface area contributed by atoms with E-state index in [4.69, 9.17) is 20.9 Å². The molecule has 0 aliphatic heterocycles. The Kier molecular flexibility index (Phi) is 5.85. The van der Waals surface area contributed by atoms with Gasteiger partial charge in [-0.15, -0.1) is 0 Å². The van der Waals surface area contributed by atoms with Crippen LogP contribution in [0.5, 0.6) is 11.5 Å². The summed E-state index contributed by atoms with van der Waals surface area (Å²) in [6, 6.07) is 5.33. The van der Waals surface area contributed by atoms with Crippen LogP contribution in [0.15, 0.2) is 34.1 Å². The van der Waals surface area contributed by atoms with Gasteiger partial charge in [-0.05, 0) is 52.9 Å². The highest BCUT2D eigenvalue weighted by Gasteiger charge is 2.29. The molecule has 158 valence electrons. The van der Waals surface area contributed by atoms with Crippen molar-refractivity contribution in [1.29, 1.82) is 0 Å². The molecule has 6 N–H and O–H groups in total. The van der Waals surface area contributed by atoms with Gasteiger partial charge in [0.2, 0.25) is 0 Å². The summed E-state index contributed by atoms with van der Waals surface area (Å²) in [7, 11) is -9.24. The Labute approximate surface area is 167 Å². The Morgan fingerprint density at radius 3 is 1.45 bits per heavy atom. The maximum absolute atomic E-state index is 11.8. The molecule has 0 heterocycles. The molecule has 0 aromatic heterocycles. The molecule has 1 aliphatic rings. The normalized spacial score (nSPS) is 13.1. The maximum atomic E-state index is 11.8. The van der Waals surface area contributed by atoms with E-state index in [2.05, 4.69) is 0 Å². The van der Waals surface area contributed by atoms with Gasteiger partial charge in [0.15, 0.2) is 0 Å². The van der Waals surface area contributed by atoms with Gasteiger partial charge in [-0.25, -0.2) is 0 Å². The van der Waals surface area contributed by atoms with Crippen molar-refractivity contribution in [2.45, 2.75) is 16.2 Å². The third-order valence-electron chi connectivity index (χ3n) is 4.32. The molecule has 2 aromatic carbocycles. The molecule has 29 heavy (non-hydrogen) atoms. The average molecular weight is 444 g/mol. The van der Waals surface area contributed by atoms with Crippen molar-refractivity contribution in [3.63, 3.8) is 0 Å². The molecule has 0 spiro atoms. The van der Waals surface area contributed by atoms with Gasteiger partial charge < -0.3 is 20.9 Å². The van der Waals surface area contributed by atoms with Gasteiger partial charge in [0.05, 0.1) is 0 Å². The predicted molar refractivity (Wildman–Crippen MR) is 103 cm³/mol. The van der Waals surface area contributed by atoms with E-state index in [1.54, 1.807) is 0 Å². The lowest BCUT2D eigenvalue weighted by atomic mass is 10.1. The number of nitrogens with two attached hydrogens (primary N) is 2. The van der Waals surface area contributed by atoms with Crippen LogP contribution in [-0.4, -0.2) is 52.2 Å². The summed E-state index contributed by atoms with van der Waals surface area (Å²) in [4.78, 5) is -0.927. The first-order chi connectivity index (χ1) is 13.6. The Morgan fingerprint density at radius 2 is 1.14 bits per heavy atom. The van der Waals surface area contributed by atoms with Crippen molar-refractivity contribution in [3.05, 3.63) is 35.4 Å². The largest absolute Gasteiger partial charge is 0.491 e. The van der Waals surface area contributed by atoms with E-state index >= 15 is 0 Å². The molecule has 2 aromatic rings. The van der Waals surface area contributed by atoms with E-state index in [1.165, 1.54) is 24.3 Å². The highest BCUT2D eigenvalue weighted by Crippen LogP contribution is 2.44. The summed E-state index contributed by atoms with van der Waals surface area (Å²) < 4.78 is 77.1. The average Bonchev–Trinajstić information content (AvgIpc) is 2.97. The topological polar surface area (TPSA) is 179 Å². The molecule has 0 unspecified atom stereocenters. The van der Waals surface area contributed by atoms with E-state index in [0.717, 1.165) is 0 Å². The van der Waals surface area contributed by atoms with E-state index in [-0.39, 0.29) is 37.8 Å². The first-order valence-electron chi connectivity index (χ1n) is 8.51. The van der Waals surface area contributed by atoms with Crippen molar-refractivity contribution in [2.24, 2.45) is 11.5 Å². The zero-order valence-corrected chi connectivity index (χ0v) is 16.8. The number of rotatable bonds is 8. The van der Waals surface area contributed by atoms with Gasteiger partial charge in [0, 0.05) is 13.1 Å². The van der Waals surface area contributed by atoms with Crippen LogP contribution in [0, 0.1) is 0 Å². The van der Waals surface area contributed by atoms with Crippen LogP contribution >= 0.6 is 0 Å². The van der Waals surface area contributed by atoms with Crippen LogP contribution in [0.1, 0.15) is 11.1 Å². The van der Waals surface area contributed by atoms with Crippen LogP contribution in [0.3, 0.4) is 0 Å². The quantitative estimate of drug-likeness (QED) is 0.356. The van der Waals surface area contributed by atoms with Crippen molar-refractivity contribution in [2.75, 3.05) is 26.3 Å². The van der Waals surface area contributed by atoms with Crippen molar-refractivity contribution in [1.82, 2.24) is 0 Å². The highest BCUT2D eigenvalue weighted by molar-refractivity contribution is 7.86. The minimum atomic E-state index is -4.62. The van der Waals surface area contributed by atoms with Gasteiger partial charge in [-0.3, -0.25) is 9.11 Å². The second kappa shape index (κ2) is 7.89. The molecule has 0 bridgehead atoms. The Bertz CT molecular complexity index is 1070. The van der Waals surface area contributed by atoms with E-state index < -0.39 is 30.0 Å². The SMILES string of the molecule is NCCOc1cc2c(cc1S(=O)(=O)O)-c1cc(S(=O)(=O)O)c(OCCN)cc1C2. The zero-order valence-electron chi connectivity index (χ0n) is 15.2. The maximum Gasteiger partial charge on any atom is 0.298 e. The molecule has 1 aliphatic carbocycles. The Balaban J connectivity index is 2.20. The fraction of sp³-hybridized carbons (Fsp3) is 0.294. The molecule has 0 saturated carbocycles. The molecule has 3 rings (SSSR count). The second-order valence-electron chi connectivity index (χ2n) is 6.31. The van der Waals surface area contributed by atoms with Gasteiger partial charge in [0.1, 0.15) is 34.5 Å². The third kappa shape index (κ3) is 4.37. The number of benzene rings is 2. The zero-order chi connectivity index (χ0) is 21.4. The number of hydrogen-bond acceptors (Lipinski definition) is 8. The third-order valence-corrected chi connectivity index (χ3v) is 6.07. The summed E-state index contributed by atoms with van der Waals surface area (Å²) >= 11 is 0. The summed E-state index contributed by atoms with van der Waals surface area (Å²) in [5.74, 6) is -0.113. The molecular weight excluding hydrogens is 424 g/mol. The fourth-order valence-electron chi connectivity index (χ4n) is 3.17.